The fourth-order valence-electron chi connectivity index (χ4n) is 4.12. The minimum atomic E-state index is -0.474. The number of esters is 1. The Labute approximate surface area is 223 Å². The highest BCUT2D eigenvalue weighted by atomic mass is 35.5. The molecule has 0 aliphatic carbocycles. The fourth-order valence-corrected chi connectivity index (χ4v) is 4.45. The SMILES string of the molecule is COC(=O)c1cccn1-c1cc(Cl)c(N(CC(C)C)CC(C)C)c(NC(=O)Nc2ccc(OC)cc2)c1. The van der Waals surface area contributed by atoms with Crippen molar-refractivity contribution in [1.29, 1.82) is 0 Å². The van der Waals surface area contributed by atoms with Gasteiger partial charge in [0.2, 0.25) is 0 Å². The molecule has 2 N–H and O–H groups in total. The summed E-state index contributed by atoms with van der Waals surface area (Å²) >= 11 is 6.90. The summed E-state index contributed by atoms with van der Waals surface area (Å²) in [6, 6.07) is 13.7. The molecule has 3 aromatic rings. The number of aromatic nitrogens is 1. The molecular weight excluding hydrogens is 492 g/mol. The summed E-state index contributed by atoms with van der Waals surface area (Å²) in [4.78, 5) is 27.6. The summed E-state index contributed by atoms with van der Waals surface area (Å²) in [6.45, 7) is 10.1. The molecule has 3 rings (SSSR count). The average Bonchev–Trinajstić information content (AvgIpc) is 3.33. The highest BCUT2D eigenvalue weighted by molar-refractivity contribution is 6.34. The first-order valence-corrected chi connectivity index (χ1v) is 12.6. The van der Waals surface area contributed by atoms with Crippen molar-refractivity contribution in [2.45, 2.75) is 27.7 Å². The van der Waals surface area contributed by atoms with Crippen LogP contribution in [0.4, 0.5) is 21.9 Å². The first-order valence-electron chi connectivity index (χ1n) is 12.2. The molecule has 0 spiro atoms. The zero-order valence-corrected chi connectivity index (χ0v) is 22.9. The van der Waals surface area contributed by atoms with Crippen LogP contribution < -0.4 is 20.3 Å². The second-order valence-electron chi connectivity index (χ2n) is 9.58. The second-order valence-corrected chi connectivity index (χ2v) is 9.99. The van der Waals surface area contributed by atoms with Crippen LogP contribution in [0.5, 0.6) is 5.75 Å². The number of carbonyl (C=O) groups excluding carboxylic acids is 2. The number of halogens is 1. The minimum absolute atomic E-state index is 0.348. The van der Waals surface area contributed by atoms with Gasteiger partial charge in [-0.15, -0.1) is 0 Å². The average molecular weight is 527 g/mol. The lowest BCUT2D eigenvalue weighted by Gasteiger charge is -2.31. The molecular formula is C28H35ClN4O4. The lowest BCUT2D eigenvalue weighted by Crippen LogP contribution is -2.33. The van der Waals surface area contributed by atoms with E-state index >= 15 is 0 Å². The largest absolute Gasteiger partial charge is 0.497 e. The fraction of sp³-hybridized carbons (Fsp3) is 0.357. The number of hydrogen-bond acceptors (Lipinski definition) is 5. The van der Waals surface area contributed by atoms with Crippen molar-refractivity contribution in [2.24, 2.45) is 11.8 Å². The molecule has 2 aromatic carbocycles. The van der Waals surface area contributed by atoms with E-state index in [2.05, 4.69) is 43.2 Å². The summed E-state index contributed by atoms with van der Waals surface area (Å²) in [5.74, 6) is 0.953. The number of anilines is 3. The Balaban J connectivity index is 2.05. The van der Waals surface area contributed by atoms with E-state index in [1.807, 2.05) is 6.07 Å². The van der Waals surface area contributed by atoms with Crippen molar-refractivity contribution in [3.05, 3.63) is 65.4 Å². The number of benzene rings is 2. The Kier molecular flexibility index (Phi) is 9.47. The van der Waals surface area contributed by atoms with Crippen LogP contribution in [0.3, 0.4) is 0 Å². The maximum Gasteiger partial charge on any atom is 0.355 e. The molecule has 8 nitrogen and oxygen atoms in total. The number of nitrogens with zero attached hydrogens (tertiary/aromatic N) is 2. The number of hydrogen-bond donors (Lipinski definition) is 2. The van der Waals surface area contributed by atoms with Crippen LogP contribution in [0.2, 0.25) is 5.02 Å². The van der Waals surface area contributed by atoms with E-state index in [-0.39, 0.29) is 0 Å². The quantitative estimate of drug-likeness (QED) is 0.287. The van der Waals surface area contributed by atoms with Gasteiger partial charge >= 0.3 is 12.0 Å². The van der Waals surface area contributed by atoms with Crippen LogP contribution >= 0.6 is 11.6 Å². The minimum Gasteiger partial charge on any atom is -0.497 e. The van der Waals surface area contributed by atoms with Crippen molar-refractivity contribution in [1.82, 2.24) is 4.57 Å². The van der Waals surface area contributed by atoms with Crippen molar-refractivity contribution >= 4 is 40.7 Å². The number of urea groups is 1. The highest BCUT2D eigenvalue weighted by Gasteiger charge is 2.22. The summed E-state index contributed by atoms with van der Waals surface area (Å²) in [5.41, 5.74) is 2.83. The molecule has 0 unspecified atom stereocenters. The first-order chi connectivity index (χ1) is 17.6. The van der Waals surface area contributed by atoms with Crippen molar-refractivity contribution < 1.29 is 19.1 Å². The molecule has 2 amide bonds. The van der Waals surface area contributed by atoms with Crippen LogP contribution in [-0.2, 0) is 4.74 Å². The normalized spacial score (nSPS) is 10.9. The Morgan fingerprint density at radius 1 is 0.973 bits per heavy atom. The molecule has 0 aliphatic rings. The maximum atomic E-state index is 13.1. The smallest absolute Gasteiger partial charge is 0.355 e. The number of rotatable bonds is 10. The Morgan fingerprint density at radius 3 is 2.19 bits per heavy atom. The van der Waals surface area contributed by atoms with E-state index in [9.17, 15) is 9.59 Å². The van der Waals surface area contributed by atoms with Gasteiger partial charge < -0.3 is 29.6 Å². The second kappa shape index (κ2) is 12.5. The predicted octanol–water partition coefficient (Wildman–Crippen LogP) is 6.69. The third-order valence-corrected chi connectivity index (χ3v) is 5.84. The van der Waals surface area contributed by atoms with Crippen molar-refractivity contribution in [3.8, 4) is 11.4 Å². The van der Waals surface area contributed by atoms with Gasteiger partial charge in [0.25, 0.3) is 0 Å². The number of methoxy groups -OCH3 is 2. The molecule has 198 valence electrons. The van der Waals surface area contributed by atoms with Crippen LogP contribution in [0, 0.1) is 11.8 Å². The van der Waals surface area contributed by atoms with E-state index in [0.29, 0.717) is 45.4 Å². The Morgan fingerprint density at radius 2 is 1.62 bits per heavy atom. The van der Waals surface area contributed by atoms with Gasteiger partial charge in [-0.3, -0.25) is 0 Å². The Bertz CT molecular complexity index is 1210. The van der Waals surface area contributed by atoms with E-state index in [1.165, 1.54) is 7.11 Å². The van der Waals surface area contributed by atoms with Crippen LogP contribution in [0.15, 0.2) is 54.7 Å². The molecule has 9 heteroatoms. The van der Waals surface area contributed by atoms with Gasteiger partial charge in [0, 0.05) is 30.7 Å². The third kappa shape index (κ3) is 7.20. The molecule has 1 heterocycles. The molecule has 0 bridgehead atoms. The summed E-state index contributed by atoms with van der Waals surface area (Å²) in [6.07, 6.45) is 1.75. The number of carbonyl (C=O) groups is 2. The van der Waals surface area contributed by atoms with Gasteiger partial charge in [-0.2, -0.15) is 0 Å². The van der Waals surface area contributed by atoms with Crippen LogP contribution in [0.1, 0.15) is 38.2 Å². The molecule has 0 radical (unpaired) electrons. The van der Waals surface area contributed by atoms with E-state index < -0.39 is 12.0 Å². The van der Waals surface area contributed by atoms with Gasteiger partial charge in [0.15, 0.2) is 0 Å². The zero-order valence-electron chi connectivity index (χ0n) is 22.2. The summed E-state index contributed by atoms with van der Waals surface area (Å²) in [7, 11) is 2.92. The molecule has 0 aliphatic heterocycles. The maximum absolute atomic E-state index is 13.1. The number of nitrogens with one attached hydrogen (secondary N) is 2. The zero-order chi connectivity index (χ0) is 27.1. The van der Waals surface area contributed by atoms with E-state index in [1.54, 1.807) is 60.3 Å². The first kappa shape index (κ1) is 27.9. The Hall–Kier alpha value is -3.65. The number of amides is 2. The van der Waals surface area contributed by atoms with Crippen LogP contribution in [0.25, 0.3) is 5.69 Å². The highest BCUT2D eigenvalue weighted by Crippen LogP contribution is 2.38. The van der Waals surface area contributed by atoms with Gasteiger partial charge in [-0.1, -0.05) is 39.3 Å². The summed E-state index contributed by atoms with van der Waals surface area (Å²) in [5, 5.41) is 6.30. The number of ether oxygens (including phenoxy) is 2. The van der Waals surface area contributed by atoms with Crippen molar-refractivity contribution in [2.75, 3.05) is 42.8 Å². The standard InChI is InChI=1S/C28H35ClN4O4/c1-18(2)16-32(17-19(3)4)26-23(29)14-21(33-13-7-8-25(33)27(34)37-6)15-24(26)31-28(35)30-20-9-11-22(36-5)12-10-20/h7-15,18-19H,16-17H2,1-6H3,(H2,30,31,35). The monoisotopic (exact) mass is 526 g/mol. The van der Waals surface area contributed by atoms with E-state index in [4.69, 9.17) is 21.1 Å². The van der Waals surface area contributed by atoms with Gasteiger partial charge in [0.05, 0.1) is 30.6 Å². The molecule has 0 saturated heterocycles. The molecule has 1 aromatic heterocycles. The summed E-state index contributed by atoms with van der Waals surface area (Å²) < 4.78 is 11.8. The lowest BCUT2D eigenvalue weighted by atomic mass is 10.1. The van der Waals surface area contributed by atoms with Crippen molar-refractivity contribution in [3.63, 3.8) is 0 Å². The van der Waals surface area contributed by atoms with Crippen LogP contribution in [-0.4, -0.2) is 43.9 Å². The molecule has 0 fully saturated rings. The van der Waals surface area contributed by atoms with Gasteiger partial charge in [0.1, 0.15) is 11.4 Å². The van der Waals surface area contributed by atoms with E-state index in [0.717, 1.165) is 18.8 Å². The molecule has 0 saturated carbocycles. The molecule has 37 heavy (non-hydrogen) atoms. The van der Waals surface area contributed by atoms with Gasteiger partial charge in [-0.05, 0) is 60.4 Å². The van der Waals surface area contributed by atoms with Gasteiger partial charge in [-0.25, -0.2) is 9.59 Å². The topological polar surface area (TPSA) is 84.8 Å². The molecule has 0 atom stereocenters. The predicted molar refractivity (Wildman–Crippen MR) is 150 cm³/mol. The third-order valence-electron chi connectivity index (χ3n) is 5.55. The lowest BCUT2D eigenvalue weighted by molar-refractivity contribution is 0.0591.